The molecule has 3 atom stereocenters. The summed E-state index contributed by atoms with van der Waals surface area (Å²) in [5, 5.41) is 0.853. The number of ether oxygens (including phenoxy) is 2. The molecular formula is C16H15Cl2NO5S. The van der Waals surface area contributed by atoms with Crippen LogP contribution in [0.4, 0.5) is 0 Å². The first kappa shape index (κ1) is 18.6. The molecular weight excluding hydrogens is 389 g/mol. The van der Waals surface area contributed by atoms with Crippen molar-refractivity contribution in [2.75, 3.05) is 6.54 Å². The van der Waals surface area contributed by atoms with Gasteiger partial charge in [-0.1, -0.05) is 59.6 Å². The highest BCUT2D eigenvalue weighted by molar-refractivity contribution is 7.83. The van der Waals surface area contributed by atoms with E-state index in [4.69, 9.17) is 37.2 Å². The highest BCUT2D eigenvalue weighted by Crippen LogP contribution is 2.42. The fraction of sp³-hybridized carbons (Fsp3) is 0.250. The summed E-state index contributed by atoms with van der Waals surface area (Å²) in [5.74, 6) is 0. The van der Waals surface area contributed by atoms with Crippen molar-refractivity contribution in [2.45, 2.75) is 18.5 Å². The summed E-state index contributed by atoms with van der Waals surface area (Å²) in [6.45, 7) is -0.175. The first-order valence-electron chi connectivity index (χ1n) is 7.36. The highest BCUT2D eigenvalue weighted by atomic mass is 35.5. The molecule has 0 spiro atoms. The minimum Gasteiger partial charge on any atom is -0.341 e. The van der Waals surface area contributed by atoms with Crippen molar-refractivity contribution >= 4 is 33.5 Å². The molecule has 6 nitrogen and oxygen atoms in total. The molecule has 0 radical (unpaired) electrons. The van der Waals surface area contributed by atoms with Crippen LogP contribution >= 0.6 is 23.2 Å². The van der Waals surface area contributed by atoms with Crippen LogP contribution in [0.5, 0.6) is 0 Å². The van der Waals surface area contributed by atoms with Crippen molar-refractivity contribution in [3.8, 4) is 0 Å². The second-order valence-electron chi connectivity index (χ2n) is 5.46. The van der Waals surface area contributed by atoms with Gasteiger partial charge in [-0.2, -0.15) is 13.1 Å². The van der Waals surface area contributed by atoms with Crippen molar-refractivity contribution in [1.82, 2.24) is 4.72 Å². The van der Waals surface area contributed by atoms with Gasteiger partial charge in [0.25, 0.3) is 0 Å². The van der Waals surface area contributed by atoms with E-state index in [0.29, 0.717) is 15.6 Å². The van der Waals surface area contributed by atoms with Crippen LogP contribution in [-0.2, 0) is 19.8 Å². The first-order valence-corrected chi connectivity index (χ1v) is 9.56. The molecule has 1 aliphatic heterocycles. The number of rotatable bonds is 5. The minimum atomic E-state index is -4.36. The molecule has 9 heteroatoms. The lowest BCUT2D eigenvalue weighted by Crippen LogP contribution is -2.34. The van der Waals surface area contributed by atoms with E-state index in [9.17, 15) is 8.42 Å². The molecule has 1 aliphatic rings. The molecule has 1 heterocycles. The maximum Gasteiger partial charge on any atom is 0.333 e. The zero-order chi connectivity index (χ0) is 18.0. The number of benzene rings is 2. The molecule has 0 saturated carbocycles. The molecule has 2 N–H and O–H groups in total. The van der Waals surface area contributed by atoms with E-state index in [-0.39, 0.29) is 6.54 Å². The Balaban J connectivity index is 1.88. The lowest BCUT2D eigenvalue weighted by molar-refractivity contribution is -0.0687. The number of halogens is 2. The molecule has 3 rings (SSSR count). The molecule has 0 bridgehead atoms. The van der Waals surface area contributed by atoms with Gasteiger partial charge in [-0.25, -0.2) is 0 Å². The number of nitrogens with one attached hydrogen (secondary N) is 1. The quantitative estimate of drug-likeness (QED) is 0.745. The first-order chi connectivity index (χ1) is 11.8. The molecule has 1 saturated heterocycles. The van der Waals surface area contributed by atoms with Gasteiger partial charge in [-0.05, 0) is 12.1 Å². The normalized spacial score (nSPS) is 23.7. The smallest absolute Gasteiger partial charge is 0.333 e. The average Bonchev–Trinajstić information content (AvgIpc) is 2.97. The molecule has 25 heavy (non-hydrogen) atoms. The molecule has 2 aromatic carbocycles. The van der Waals surface area contributed by atoms with Gasteiger partial charge >= 0.3 is 10.3 Å². The molecule has 0 aromatic heterocycles. The fourth-order valence-corrected chi connectivity index (χ4v) is 3.49. The van der Waals surface area contributed by atoms with Crippen LogP contribution in [0.2, 0.25) is 10.0 Å². The van der Waals surface area contributed by atoms with E-state index >= 15 is 0 Å². The van der Waals surface area contributed by atoms with E-state index in [0.717, 1.165) is 5.56 Å². The topological polar surface area (TPSA) is 84.9 Å². The van der Waals surface area contributed by atoms with Gasteiger partial charge in [0.1, 0.15) is 12.2 Å². The van der Waals surface area contributed by atoms with Crippen LogP contribution in [0.25, 0.3) is 0 Å². The summed E-state index contributed by atoms with van der Waals surface area (Å²) in [6.07, 6.45) is -2.01. The van der Waals surface area contributed by atoms with E-state index in [1.807, 2.05) is 35.1 Å². The Bertz CT molecular complexity index is 847. The fourth-order valence-electron chi connectivity index (χ4n) is 2.60. The average molecular weight is 404 g/mol. The van der Waals surface area contributed by atoms with Gasteiger partial charge in [-0.15, -0.1) is 0 Å². The Kier molecular flexibility index (Phi) is 5.65. The molecule has 3 unspecified atom stereocenters. The summed E-state index contributed by atoms with van der Waals surface area (Å²) >= 11 is 12.2. The summed E-state index contributed by atoms with van der Waals surface area (Å²) in [6, 6.07) is 14.2. The zero-order valence-electron chi connectivity index (χ0n) is 12.8. The Hall–Kier alpha value is -1.19. The molecule has 0 aliphatic carbocycles. The number of hydrogen-bond donors (Lipinski definition) is 2. The SMILES string of the molecule is O=S(=O)(O)NCC1OC(c2ccccc2)OC1c1ccc(Cl)cc1Cl. The summed E-state index contributed by atoms with van der Waals surface area (Å²) in [5.41, 5.74) is 1.40. The van der Waals surface area contributed by atoms with Gasteiger partial charge in [0.15, 0.2) is 6.29 Å². The van der Waals surface area contributed by atoms with Gasteiger partial charge in [0.05, 0.1) is 0 Å². The second kappa shape index (κ2) is 7.59. The van der Waals surface area contributed by atoms with Crippen LogP contribution in [-0.4, -0.2) is 25.6 Å². The third-order valence-electron chi connectivity index (χ3n) is 3.71. The van der Waals surface area contributed by atoms with E-state index in [1.165, 1.54) is 0 Å². The molecule has 1 fully saturated rings. The third kappa shape index (κ3) is 4.71. The van der Waals surface area contributed by atoms with Crippen LogP contribution in [0.3, 0.4) is 0 Å². The minimum absolute atomic E-state index is 0.175. The maximum absolute atomic E-state index is 11.0. The van der Waals surface area contributed by atoms with Gasteiger partial charge in [0, 0.05) is 27.7 Å². The van der Waals surface area contributed by atoms with Crippen molar-refractivity contribution in [1.29, 1.82) is 0 Å². The van der Waals surface area contributed by atoms with Crippen molar-refractivity contribution in [3.05, 3.63) is 69.7 Å². The largest absolute Gasteiger partial charge is 0.341 e. The number of hydrogen-bond acceptors (Lipinski definition) is 4. The molecule has 2 aromatic rings. The Morgan fingerprint density at radius 3 is 2.44 bits per heavy atom. The zero-order valence-corrected chi connectivity index (χ0v) is 15.1. The highest BCUT2D eigenvalue weighted by Gasteiger charge is 2.39. The third-order valence-corrected chi connectivity index (χ3v) is 4.81. The van der Waals surface area contributed by atoms with Gasteiger partial charge in [0.2, 0.25) is 0 Å². The van der Waals surface area contributed by atoms with Crippen molar-refractivity contribution in [3.63, 3.8) is 0 Å². The Labute approximate surface area is 155 Å². The van der Waals surface area contributed by atoms with Crippen LogP contribution in [0.1, 0.15) is 23.5 Å². The second-order valence-corrected chi connectivity index (χ2v) is 7.55. The lowest BCUT2D eigenvalue weighted by atomic mass is 10.0. The maximum atomic E-state index is 11.0. The summed E-state index contributed by atoms with van der Waals surface area (Å²) in [4.78, 5) is 0. The predicted octanol–water partition coefficient (Wildman–Crippen LogP) is 3.54. The lowest BCUT2D eigenvalue weighted by Gasteiger charge is -2.18. The summed E-state index contributed by atoms with van der Waals surface area (Å²) < 4.78 is 44.8. The van der Waals surface area contributed by atoms with Crippen molar-refractivity contribution in [2.24, 2.45) is 0 Å². The van der Waals surface area contributed by atoms with Gasteiger partial charge < -0.3 is 9.47 Å². The predicted molar refractivity (Wildman–Crippen MR) is 93.9 cm³/mol. The van der Waals surface area contributed by atoms with Crippen LogP contribution in [0, 0.1) is 0 Å². The monoisotopic (exact) mass is 403 g/mol. The van der Waals surface area contributed by atoms with E-state index in [2.05, 4.69) is 0 Å². The van der Waals surface area contributed by atoms with E-state index in [1.54, 1.807) is 18.2 Å². The van der Waals surface area contributed by atoms with Gasteiger partial charge in [-0.3, -0.25) is 4.55 Å². The standard InChI is InChI=1S/C16H15Cl2NO5S/c17-11-6-7-12(13(18)8-11)15-14(9-19-25(20,21)22)23-16(24-15)10-4-2-1-3-5-10/h1-8,14-16,19H,9H2,(H,20,21,22). The van der Waals surface area contributed by atoms with Crippen molar-refractivity contribution < 1.29 is 22.4 Å². The molecule has 0 amide bonds. The molecule has 134 valence electrons. The summed E-state index contributed by atoms with van der Waals surface area (Å²) in [7, 11) is -4.36. The Morgan fingerprint density at radius 2 is 1.80 bits per heavy atom. The van der Waals surface area contributed by atoms with Crippen LogP contribution < -0.4 is 4.72 Å². The van der Waals surface area contributed by atoms with E-state index < -0.39 is 28.8 Å². The van der Waals surface area contributed by atoms with Crippen LogP contribution in [0.15, 0.2) is 48.5 Å². The Morgan fingerprint density at radius 1 is 1.08 bits per heavy atom.